The van der Waals surface area contributed by atoms with Gasteiger partial charge in [0.2, 0.25) is 0 Å². The first-order chi connectivity index (χ1) is 19.3. The molecule has 4 heteroatoms. The Kier molecular flexibility index (Phi) is 8.24. The first-order valence-corrected chi connectivity index (χ1v) is 32.1. The van der Waals surface area contributed by atoms with Gasteiger partial charge in [0.1, 0.15) is 0 Å². The number of benzene rings is 2. The van der Waals surface area contributed by atoms with Gasteiger partial charge in [-0.1, -0.05) is 0 Å². The Labute approximate surface area is 251 Å². The van der Waals surface area contributed by atoms with Gasteiger partial charge < -0.3 is 0 Å². The van der Waals surface area contributed by atoms with Crippen LogP contribution in [0.1, 0.15) is 88.2 Å². The zero-order valence-corrected chi connectivity index (χ0v) is 29.9. The molecule has 0 saturated carbocycles. The maximum absolute atomic E-state index is 8.60. The van der Waals surface area contributed by atoms with E-state index in [0.717, 1.165) is 12.8 Å². The van der Waals surface area contributed by atoms with Crippen LogP contribution in [0.4, 0.5) is 0 Å². The van der Waals surface area contributed by atoms with Gasteiger partial charge in [0, 0.05) is 0 Å². The van der Waals surface area contributed by atoms with E-state index < -0.39 is 21.5 Å². The second kappa shape index (κ2) is 11.3. The SMILES string of the molecule is CCC1=CC2=C(CCCC2c2ccccc2)[CH]1[Zr]([Cl])([Cl])([CH]1C(CC)=CC2=C1CCCC2c1ccccc1)[SiH](C)C. The molecule has 0 amide bonds. The Morgan fingerprint density at radius 1 is 0.675 bits per heavy atom. The average molecular weight is 668 g/mol. The second-order valence-corrected chi connectivity index (χ2v) is 55.6. The molecular weight excluding hydrogens is 623 g/mol. The second-order valence-electron chi connectivity index (χ2n) is 13.1. The van der Waals surface area contributed by atoms with Crippen LogP contribution in [0.3, 0.4) is 0 Å². The van der Waals surface area contributed by atoms with Gasteiger partial charge >= 0.3 is 253 Å². The fraction of sp³-hybridized carbons (Fsp3) is 0.444. The van der Waals surface area contributed by atoms with Crippen LogP contribution >= 0.6 is 17.0 Å². The fourth-order valence-electron chi connectivity index (χ4n) is 8.95. The van der Waals surface area contributed by atoms with Crippen molar-refractivity contribution in [3.05, 3.63) is 117 Å². The van der Waals surface area contributed by atoms with E-state index >= 15 is 0 Å². The van der Waals surface area contributed by atoms with Gasteiger partial charge in [-0.3, -0.25) is 0 Å². The number of hydrogen-bond acceptors (Lipinski definition) is 0. The molecule has 4 unspecified atom stereocenters. The molecule has 2 aromatic rings. The molecule has 0 nitrogen and oxygen atoms in total. The molecule has 0 aliphatic heterocycles. The van der Waals surface area contributed by atoms with Crippen molar-refractivity contribution < 1.29 is 15.6 Å². The molecular formula is C36H45Cl2SiZr. The molecule has 4 atom stereocenters. The predicted molar refractivity (Wildman–Crippen MR) is 175 cm³/mol. The zero-order valence-electron chi connectivity index (χ0n) is 24.7. The zero-order chi connectivity index (χ0) is 28.1. The number of allylic oxidation sites excluding steroid dienone is 8. The van der Waals surface area contributed by atoms with E-state index in [4.69, 9.17) is 17.0 Å². The van der Waals surface area contributed by atoms with Crippen molar-refractivity contribution in [1.29, 1.82) is 0 Å². The number of halogens is 2. The molecule has 0 N–H and O–H groups in total. The molecule has 0 radical (unpaired) electrons. The molecule has 4 aliphatic rings. The standard InChI is InChI=1S/2C17H19.C2H7Si.2ClH.Zr/c2*1-2-13-11-15-9-6-10-16(17(15)12-13)14-7-4-3-5-8-14;1-3-2;;;/h2*3-5,7-8,11-12,16H,2,6,9-10H2,1H3;3H,1-2H3;2*1H;/q;;;;;+2/p-2. The van der Waals surface area contributed by atoms with Crippen molar-refractivity contribution >= 4 is 22.9 Å². The van der Waals surface area contributed by atoms with E-state index in [1.54, 1.807) is 33.4 Å². The summed E-state index contributed by atoms with van der Waals surface area (Å²) < 4.78 is 0.624. The van der Waals surface area contributed by atoms with Gasteiger partial charge in [0.15, 0.2) is 0 Å². The molecule has 4 aliphatic carbocycles. The Morgan fingerprint density at radius 3 is 1.43 bits per heavy atom. The van der Waals surface area contributed by atoms with E-state index in [2.05, 4.69) is 99.8 Å². The first kappa shape index (κ1) is 29.2. The van der Waals surface area contributed by atoms with Crippen LogP contribution in [0.15, 0.2) is 106 Å². The summed E-state index contributed by atoms with van der Waals surface area (Å²) in [7, 11) is 17.2. The van der Waals surface area contributed by atoms with Crippen molar-refractivity contribution in [3.63, 3.8) is 0 Å². The van der Waals surface area contributed by atoms with Crippen molar-refractivity contribution in [1.82, 2.24) is 0 Å². The van der Waals surface area contributed by atoms with Crippen molar-refractivity contribution in [2.45, 2.75) is 97.4 Å². The third-order valence-electron chi connectivity index (χ3n) is 10.9. The summed E-state index contributed by atoms with van der Waals surface area (Å²) in [5.74, 6) is -0.496. The minimum absolute atomic E-state index is 0.312. The van der Waals surface area contributed by atoms with Gasteiger partial charge in [0.05, 0.1) is 0 Å². The van der Waals surface area contributed by atoms with Crippen LogP contribution in [-0.4, -0.2) is 5.92 Å². The van der Waals surface area contributed by atoms with E-state index in [1.165, 1.54) is 49.7 Å². The summed E-state index contributed by atoms with van der Waals surface area (Å²) in [5, 5.41) is 0. The van der Waals surface area contributed by atoms with E-state index in [-0.39, 0.29) is 0 Å². The van der Waals surface area contributed by atoms with Crippen molar-refractivity contribution in [2.75, 3.05) is 0 Å². The molecule has 0 fully saturated rings. The molecule has 0 heterocycles. The van der Waals surface area contributed by atoms with Crippen LogP contribution in [0.25, 0.3) is 0 Å². The summed E-state index contributed by atoms with van der Waals surface area (Å²) in [5.41, 5.74) is 12.5. The molecule has 0 saturated heterocycles. The quantitative estimate of drug-likeness (QED) is 0.258. The van der Waals surface area contributed by atoms with Gasteiger partial charge in [-0.25, -0.2) is 0 Å². The van der Waals surface area contributed by atoms with Crippen LogP contribution < -0.4 is 0 Å². The van der Waals surface area contributed by atoms with Crippen LogP contribution in [0, 0.1) is 0 Å². The summed E-state index contributed by atoms with van der Waals surface area (Å²) in [6, 6.07) is 22.4. The summed E-state index contributed by atoms with van der Waals surface area (Å²) in [4.78, 5) is 0. The molecule has 6 rings (SSSR count). The molecule has 0 bridgehead atoms. The number of rotatable bonds is 7. The molecule has 0 aromatic heterocycles. The van der Waals surface area contributed by atoms with Crippen LogP contribution in [0.2, 0.25) is 20.3 Å². The maximum atomic E-state index is 8.60. The topological polar surface area (TPSA) is 0 Å². The summed E-state index contributed by atoms with van der Waals surface area (Å²) in [6.45, 7) is 9.72. The van der Waals surface area contributed by atoms with Gasteiger partial charge in [-0.05, 0) is 0 Å². The van der Waals surface area contributed by atoms with E-state index in [9.17, 15) is 0 Å². The van der Waals surface area contributed by atoms with Gasteiger partial charge in [-0.2, -0.15) is 0 Å². The fourth-order valence-corrected chi connectivity index (χ4v) is 42.0. The van der Waals surface area contributed by atoms with Crippen LogP contribution in [-0.2, 0) is 15.6 Å². The van der Waals surface area contributed by atoms with Crippen LogP contribution in [0.5, 0.6) is 0 Å². The monoisotopic (exact) mass is 665 g/mol. The predicted octanol–water partition coefficient (Wildman–Crippen LogP) is 11.8. The Hall–Kier alpha value is -0.920. The van der Waals surface area contributed by atoms with Crippen molar-refractivity contribution in [3.8, 4) is 0 Å². The third-order valence-corrected chi connectivity index (χ3v) is 63.0. The Balaban J connectivity index is 1.52. The van der Waals surface area contributed by atoms with Gasteiger partial charge in [0.25, 0.3) is 0 Å². The average Bonchev–Trinajstić information content (AvgIpc) is 3.57. The Bertz CT molecular complexity index is 1300. The Morgan fingerprint density at radius 2 is 1.07 bits per heavy atom. The molecule has 211 valence electrons. The van der Waals surface area contributed by atoms with Crippen molar-refractivity contribution in [2.24, 2.45) is 0 Å². The van der Waals surface area contributed by atoms with E-state index in [0.29, 0.717) is 19.1 Å². The third kappa shape index (κ3) is 4.54. The molecule has 40 heavy (non-hydrogen) atoms. The summed E-state index contributed by atoms with van der Waals surface area (Å²) in [6.07, 6.45) is 14.6. The van der Waals surface area contributed by atoms with Gasteiger partial charge in [-0.15, -0.1) is 0 Å². The van der Waals surface area contributed by atoms with E-state index in [1.807, 2.05) is 0 Å². The number of hydrogen-bond donors (Lipinski definition) is 0. The molecule has 2 aromatic carbocycles. The summed E-state index contributed by atoms with van der Waals surface area (Å²) >= 11 is -4.54. The normalized spacial score (nSPS) is 27.7. The minimum atomic E-state index is -4.54. The molecule has 0 spiro atoms. The first-order valence-electron chi connectivity index (χ1n) is 15.8.